The molecule has 2 aromatic heterocycles. The molecule has 0 fully saturated rings. The second-order valence-electron chi connectivity index (χ2n) is 3.84. The Kier molecular flexibility index (Phi) is 4.36. The fraction of sp³-hybridized carbons (Fsp3) is 0.273. The van der Waals surface area contributed by atoms with Crippen LogP contribution in [0.4, 0.5) is 18.3 Å². The lowest BCUT2D eigenvalue weighted by Crippen LogP contribution is -2.21. The van der Waals surface area contributed by atoms with E-state index >= 15 is 0 Å². The third-order valence-corrected chi connectivity index (χ3v) is 2.89. The summed E-state index contributed by atoms with van der Waals surface area (Å²) in [5.74, 6) is -1.06. The fourth-order valence-electron chi connectivity index (χ4n) is 1.34. The summed E-state index contributed by atoms with van der Waals surface area (Å²) in [6, 6.07) is 2.72. The van der Waals surface area contributed by atoms with Crippen molar-refractivity contribution in [3.8, 4) is 5.88 Å². The van der Waals surface area contributed by atoms with Crippen LogP contribution in [0, 0.1) is 6.92 Å². The molecule has 0 saturated carbocycles. The summed E-state index contributed by atoms with van der Waals surface area (Å²) in [4.78, 5) is 15.6. The van der Waals surface area contributed by atoms with Crippen molar-refractivity contribution in [2.24, 2.45) is 0 Å². The van der Waals surface area contributed by atoms with Crippen LogP contribution in [0.25, 0.3) is 0 Å². The van der Waals surface area contributed by atoms with E-state index < -0.39 is 24.6 Å². The van der Waals surface area contributed by atoms with E-state index in [-0.39, 0.29) is 10.7 Å². The standard InChI is InChI=1S/C11H9F3N4O2S/c1-6-17-18-10(21-6)16-8(19)7-3-2-4-15-9(7)20-5-11(12,13)14/h2-4H,5H2,1H3,(H,16,18,19). The van der Waals surface area contributed by atoms with Gasteiger partial charge in [-0.05, 0) is 19.1 Å². The molecule has 21 heavy (non-hydrogen) atoms. The van der Waals surface area contributed by atoms with E-state index in [0.717, 1.165) is 11.3 Å². The van der Waals surface area contributed by atoms with Gasteiger partial charge in [-0.25, -0.2) is 4.98 Å². The number of hydrogen-bond donors (Lipinski definition) is 1. The van der Waals surface area contributed by atoms with Crippen molar-refractivity contribution in [3.05, 3.63) is 28.9 Å². The summed E-state index contributed by atoms with van der Waals surface area (Å²) in [5.41, 5.74) is -0.116. The fourth-order valence-corrected chi connectivity index (χ4v) is 1.93. The number of aryl methyl sites for hydroxylation is 1. The van der Waals surface area contributed by atoms with Gasteiger partial charge in [-0.15, -0.1) is 10.2 Å². The van der Waals surface area contributed by atoms with Gasteiger partial charge >= 0.3 is 6.18 Å². The Morgan fingerprint density at radius 1 is 1.43 bits per heavy atom. The summed E-state index contributed by atoms with van der Waals surface area (Å²) < 4.78 is 41.0. The number of halogens is 3. The molecule has 0 bridgehead atoms. The van der Waals surface area contributed by atoms with Gasteiger partial charge in [0.25, 0.3) is 5.91 Å². The minimum atomic E-state index is -4.51. The summed E-state index contributed by atoms with van der Waals surface area (Å²) in [5, 5.41) is 10.7. The van der Waals surface area contributed by atoms with Gasteiger partial charge in [0.05, 0.1) is 0 Å². The van der Waals surface area contributed by atoms with Gasteiger partial charge in [0, 0.05) is 6.20 Å². The summed E-state index contributed by atoms with van der Waals surface area (Å²) in [6.07, 6.45) is -3.28. The van der Waals surface area contributed by atoms with Crippen LogP contribution >= 0.6 is 11.3 Å². The van der Waals surface area contributed by atoms with Crippen LogP contribution in [0.15, 0.2) is 18.3 Å². The molecule has 0 aliphatic carbocycles. The first-order valence-corrected chi connectivity index (χ1v) is 6.43. The Labute approximate surface area is 121 Å². The number of amides is 1. The number of nitrogens with one attached hydrogen (secondary N) is 1. The van der Waals surface area contributed by atoms with Crippen LogP contribution in [0.5, 0.6) is 5.88 Å². The summed E-state index contributed by atoms with van der Waals surface area (Å²) in [6.45, 7) is 0.178. The Bertz CT molecular complexity index is 644. The number of anilines is 1. The molecule has 0 radical (unpaired) electrons. The maximum atomic E-state index is 12.2. The second-order valence-corrected chi connectivity index (χ2v) is 5.02. The normalized spacial score (nSPS) is 11.2. The lowest BCUT2D eigenvalue weighted by atomic mass is 10.2. The molecule has 0 aromatic carbocycles. The van der Waals surface area contributed by atoms with Crippen molar-refractivity contribution < 1.29 is 22.7 Å². The topological polar surface area (TPSA) is 77.0 Å². The van der Waals surface area contributed by atoms with E-state index in [4.69, 9.17) is 0 Å². The monoisotopic (exact) mass is 318 g/mol. The Hall–Kier alpha value is -2.23. The van der Waals surface area contributed by atoms with E-state index in [1.807, 2.05) is 0 Å². The number of carbonyl (C=O) groups is 1. The first-order valence-electron chi connectivity index (χ1n) is 5.61. The van der Waals surface area contributed by atoms with Crippen LogP contribution in [0.1, 0.15) is 15.4 Å². The molecule has 2 rings (SSSR count). The molecule has 1 N–H and O–H groups in total. The number of pyridine rings is 1. The molecule has 10 heteroatoms. The number of aromatic nitrogens is 3. The van der Waals surface area contributed by atoms with Crippen LogP contribution in [-0.4, -0.2) is 33.9 Å². The SMILES string of the molecule is Cc1nnc(NC(=O)c2cccnc2OCC(F)(F)F)s1. The van der Waals surface area contributed by atoms with Gasteiger partial charge in [0.15, 0.2) is 6.61 Å². The average molecular weight is 318 g/mol. The minimum absolute atomic E-state index is 0.116. The molecule has 0 saturated heterocycles. The average Bonchev–Trinajstić information content (AvgIpc) is 2.81. The highest BCUT2D eigenvalue weighted by atomic mass is 32.1. The van der Waals surface area contributed by atoms with Gasteiger partial charge < -0.3 is 4.74 Å². The van der Waals surface area contributed by atoms with Crippen molar-refractivity contribution in [1.29, 1.82) is 0 Å². The molecule has 0 aliphatic rings. The van der Waals surface area contributed by atoms with Gasteiger partial charge in [-0.1, -0.05) is 11.3 Å². The van der Waals surface area contributed by atoms with Gasteiger partial charge in [0.2, 0.25) is 11.0 Å². The predicted octanol–water partition coefficient (Wildman–Crippen LogP) is 2.43. The zero-order chi connectivity index (χ0) is 15.5. The molecule has 1 amide bonds. The predicted molar refractivity (Wildman–Crippen MR) is 68.4 cm³/mol. The summed E-state index contributed by atoms with van der Waals surface area (Å²) in [7, 11) is 0. The van der Waals surface area contributed by atoms with Crippen LogP contribution in [0.2, 0.25) is 0 Å². The van der Waals surface area contributed by atoms with Crippen molar-refractivity contribution >= 4 is 22.4 Å². The molecule has 0 spiro atoms. The number of carbonyl (C=O) groups excluding carboxylic acids is 1. The molecular weight excluding hydrogens is 309 g/mol. The Morgan fingerprint density at radius 3 is 2.81 bits per heavy atom. The highest BCUT2D eigenvalue weighted by molar-refractivity contribution is 7.15. The number of rotatable bonds is 4. The first kappa shape index (κ1) is 15.2. The van der Waals surface area contributed by atoms with Crippen molar-refractivity contribution in [2.75, 3.05) is 11.9 Å². The third-order valence-electron chi connectivity index (χ3n) is 2.13. The molecule has 112 valence electrons. The van der Waals surface area contributed by atoms with E-state index in [9.17, 15) is 18.0 Å². The zero-order valence-electron chi connectivity index (χ0n) is 10.6. The molecule has 0 atom stereocenters. The second kappa shape index (κ2) is 6.04. The molecular formula is C11H9F3N4O2S. The molecule has 0 aliphatic heterocycles. The zero-order valence-corrected chi connectivity index (χ0v) is 11.5. The maximum Gasteiger partial charge on any atom is 0.422 e. The number of hydrogen-bond acceptors (Lipinski definition) is 6. The lowest BCUT2D eigenvalue weighted by molar-refractivity contribution is -0.154. The van der Waals surface area contributed by atoms with Gasteiger partial charge in [-0.2, -0.15) is 13.2 Å². The van der Waals surface area contributed by atoms with Crippen molar-refractivity contribution in [3.63, 3.8) is 0 Å². The maximum absolute atomic E-state index is 12.2. The van der Waals surface area contributed by atoms with Gasteiger partial charge in [-0.3, -0.25) is 10.1 Å². The quantitative estimate of drug-likeness (QED) is 0.937. The molecule has 0 unspecified atom stereocenters. The van der Waals surface area contributed by atoms with E-state index in [1.54, 1.807) is 6.92 Å². The molecule has 2 aromatic rings. The number of alkyl halides is 3. The van der Waals surface area contributed by atoms with E-state index in [2.05, 4.69) is 25.2 Å². The van der Waals surface area contributed by atoms with Crippen molar-refractivity contribution in [1.82, 2.24) is 15.2 Å². The first-order chi connectivity index (χ1) is 9.85. The summed E-state index contributed by atoms with van der Waals surface area (Å²) >= 11 is 1.14. The van der Waals surface area contributed by atoms with E-state index in [1.165, 1.54) is 18.3 Å². The van der Waals surface area contributed by atoms with Crippen molar-refractivity contribution in [2.45, 2.75) is 13.1 Å². The van der Waals surface area contributed by atoms with Crippen LogP contribution in [0.3, 0.4) is 0 Å². The highest BCUT2D eigenvalue weighted by Gasteiger charge is 2.29. The number of ether oxygens (including phenoxy) is 1. The van der Waals surface area contributed by atoms with Crippen LogP contribution in [-0.2, 0) is 0 Å². The Balaban J connectivity index is 2.13. The third kappa shape index (κ3) is 4.38. The largest absolute Gasteiger partial charge is 0.467 e. The smallest absolute Gasteiger partial charge is 0.422 e. The lowest BCUT2D eigenvalue weighted by Gasteiger charge is -2.11. The Morgan fingerprint density at radius 2 is 2.19 bits per heavy atom. The minimum Gasteiger partial charge on any atom is -0.467 e. The highest BCUT2D eigenvalue weighted by Crippen LogP contribution is 2.21. The molecule has 2 heterocycles. The van der Waals surface area contributed by atoms with Gasteiger partial charge in [0.1, 0.15) is 10.6 Å². The molecule has 6 nitrogen and oxygen atoms in total. The van der Waals surface area contributed by atoms with Crippen LogP contribution < -0.4 is 10.1 Å². The number of nitrogens with zero attached hydrogens (tertiary/aromatic N) is 3. The van der Waals surface area contributed by atoms with E-state index in [0.29, 0.717) is 5.01 Å².